The highest BCUT2D eigenvalue weighted by Crippen LogP contribution is 2.40. The molecule has 2 saturated heterocycles. The Hall–Kier alpha value is -1.98. The van der Waals surface area contributed by atoms with E-state index in [2.05, 4.69) is 27.8 Å². The van der Waals surface area contributed by atoms with E-state index < -0.39 is 0 Å². The highest BCUT2D eigenvalue weighted by atomic mass is 35.5. The van der Waals surface area contributed by atoms with Crippen LogP contribution in [0.5, 0.6) is 0 Å². The summed E-state index contributed by atoms with van der Waals surface area (Å²) in [6.07, 6.45) is 13.7. The second kappa shape index (κ2) is 9.71. The average molecular weight is 467 g/mol. The first kappa shape index (κ1) is 22.8. The molecule has 3 aliphatic rings. The van der Waals surface area contributed by atoms with Crippen molar-refractivity contribution in [2.24, 2.45) is 5.41 Å². The number of carbonyl (C=O) groups excluding carboxylic acids is 1. The Bertz CT molecular complexity index is 982. The molecule has 0 N–H and O–H groups in total. The summed E-state index contributed by atoms with van der Waals surface area (Å²) in [6.45, 7) is 5.13. The van der Waals surface area contributed by atoms with E-state index in [1.165, 1.54) is 25.7 Å². The van der Waals surface area contributed by atoms with E-state index in [1.807, 2.05) is 30.6 Å². The standard InChI is InChI=1S/C27H35ClN4O/c1-27(11-14-31(15-12-27)23-8-2-3-9-23)26(33)32-13-5-10-25(32)24-19-29-18-22(30-24)17-20-6-4-7-21(28)16-20/h4,6-7,16,18-19,23,25H,2-3,5,8-15,17H2,1H3/t25-/m1/s1. The molecule has 6 heteroatoms. The maximum atomic E-state index is 13.8. The van der Waals surface area contributed by atoms with Gasteiger partial charge < -0.3 is 9.80 Å². The first-order valence-electron chi connectivity index (χ1n) is 12.6. The van der Waals surface area contributed by atoms with E-state index in [0.717, 1.165) is 73.3 Å². The van der Waals surface area contributed by atoms with Gasteiger partial charge in [-0.15, -0.1) is 0 Å². The topological polar surface area (TPSA) is 49.3 Å². The quantitative estimate of drug-likeness (QED) is 0.589. The van der Waals surface area contributed by atoms with Crippen molar-refractivity contribution < 1.29 is 4.79 Å². The largest absolute Gasteiger partial charge is 0.334 e. The third-order valence-corrected chi connectivity index (χ3v) is 8.33. The summed E-state index contributed by atoms with van der Waals surface area (Å²) >= 11 is 6.15. The van der Waals surface area contributed by atoms with E-state index in [1.54, 1.807) is 0 Å². The molecule has 0 bridgehead atoms. The SMILES string of the molecule is CC1(C(=O)N2CCC[C@@H]2c2cncc(Cc3cccc(Cl)c3)n2)CCN(C2CCCC2)CC1. The highest BCUT2D eigenvalue weighted by molar-refractivity contribution is 6.30. The fraction of sp³-hybridized carbons (Fsp3) is 0.593. The van der Waals surface area contributed by atoms with Crippen LogP contribution in [0, 0.1) is 5.41 Å². The lowest BCUT2D eigenvalue weighted by Gasteiger charge is -2.43. The minimum Gasteiger partial charge on any atom is -0.334 e. The Morgan fingerprint density at radius 3 is 2.64 bits per heavy atom. The number of hydrogen-bond donors (Lipinski definition) is 0. The molecule has 176 valence electrons. The Morgan fingerprint density at radius 2 is 1.88 bits per heavy atom. The Labute approximate surface area is 202 Å². The number of rotatable bonds is 5. The molecule has 1 aromatic carbocycles. The maximum absolute atomic E-state index is 13.8. The van der Waals surface area contributed by atoms with Crippen LogP contribution in [0.2, 0.25) is 5.02 Å². The molecule has 5 rings (SSSR count). The molecule has 2 aliphatic heterocycles. The minimum atomic E-state index is -0.260. The normalized spacial score (nSPS) is 23.8. The minimum absolute atomic E-state index is 0.0361. The van der Waals surface area contributed by atoms with Crippen molar-refractivity contribution in [3.63, 3.8) is 0 Å². The van der Waals surface area contributed by atoms with E-state index in [0.29, 0.717) is 12.3 Å². The third-order valence-electron chi connectivity index (χ3n) is 8.09. The van der Waals surface area contributed by atoms with Gasteiger partial charge in [-0.25, -0.2) is 0 Å². The number of likely N-dealkylation sites (tertiary alicyclic amines) is 2. The lowest BCUT2D eigenvalue weighted by atomic mass is 9.78. The summed E-state index contributed by atoms with van der Waals surface area (Å²) < 4.78 is 0. The zero-order valence-electron chi connectivity index (χ0n) is 19.7. The fourth-order valence-electron chi connectivity index (χ4n) is 6.05. The van der Waals surface area contributed by atoms with Gasteiger partial charge in [0.25, 0.3) is 0 Å². The van der Waals surface area contributed by atoms with E-state index >= 15 is 0 Å². The summed E-state index contributed by atoms with van der Waals surface area (Å²) in [5.41, 5.74) is 2.70. The van der Waals surface area contributed by atoms with Gasteiger partial charge in [-0.05, 0) is 69.3 Å². The molecule has 1 amide bonds. The molecule has 0 radical (unpaired) electrons. The molecule has 3 fully saturated rings. The van der Waals surface area contributed by atoms with Crippen molar-refractivity contribution in [1.29, 1.82) is 0 Å². The van der Waals surface area contributed by atoms with Crippen molar-refractivity contribution in [2.75, 3.05) is 19.6 Å². The van der Waals surface area contributed by atoms with Gasteiger partial charge in [0.1, 0.15) is 0 Å². The van der Waals surface area contributed by atoms with Crippen molar-refractivity contribution in [1.82, 2.24) is 19.8 Å². The highest BCUT2D eigenvalue weighted by Gasteiger charge is 2.44. The van der Waals surface area contributed by atoms with E-state index in [9.17, 15) is 4.79 Å². The Morgan fingerprint density at radius 1 is 1.09 bits per heavy atom. The van der Waals surface area contributed by atoms with Gasteiger partial charge in [0.15, 0.2) is 0 Å². The van der Waals surface area contributed by atoms with Crippen LogP contribution in [0.15, 0.2) is 36.7 Å². The number of benzene rings is 1. The first-order valence-corrected chi connectivity index (χ1v) is 13.0. The van der Waals surface area contributed by atoms with E-state index in [-0.39, 0.29) is 11.5 Å². The van der Waals surface area contributed by atoms with Gasteiger partial charge in [0.05, 0.1) is 23.6 Å². The number of hydrogen-bond acceptors (Lipinski definition) is 4. The molecule has 1 aliphatic carbocycles. The number of piperidine rings is 1. The van der Waals surface area contributed by atoms with Gasteiger partial charge in [-0.2, -0.15) is 0 Å². The predicted octanol–water partition coefficient (Wildman–Crippen LogP) is 5.43. The van der Waals surface area contributed by atoms with Gasteiger partial charge in [0.2, 0.25) is 5.91 Å². The van der Waals surface area contributed by atoms with Gasteiger partial charge in [-0.1, -0.05) is 43.5 Å². The summed E-state index contributed by atoms with van der Waals surface area (Å²) in [4.78, 5) is 28.0. The fourth-order valence-corrected chi connectivity index (χ4v) is 6.27. The molecule has 1 saturated carbocycles. The van der Waals surface area contributed by atoms with Crippen molar-refractivity contribution in [2.45, 2.75) is 76.8 Å². The lowest BCUT2D eigenvalue weighted by Crippen LogP contribution is -2.50. The number of aromatic nitrogens is 2. The summed E-state index contributed by atoms with van der Waals surface area (Å²) in [5, 5.41) is 0.733. The molecule has 3 heterocycles. The van der Waals surface area contributed by atoms with Crippen LogP contribution in [0.1, 0.15) is 81.3 Å². The van der Waals surface area contributed by atoms with Crippen LogP contribution in [0.25, 0.3) is 0 Å². The van der Waals surface area contributed by atoms with Crippen molar-refractivity contribution >= 4 is 17.5 Å². The van der Waals surface area contributed by atoms with Crippen LogP contribution in [0.4, 0.5) is 0 Å². The van der Waals surface area contributed by atoms with E-state index in [4.69, 9.17) is 16.6 Å². The van der Waals surface area contributed by atoms with Gasteiger partial charge in [0, 0.05) is 35.6 Å². The molecule has 1 aromatic heterocycles. The third kappa shape index (κ3) is 4.95. The zero-order valence-corrected chi connectivity index (χ0v) is 20.4. The van der Waals surface area contributed by atoms with Crippen LogP contribution in [-0.4, -0.2) is 51.4 Å². The monoisotopic (exact) mass is 466 g/mol. The second-order valence-electron chi connectivity index (χ2n) is 10.4. The number of nitrogens with zero attached hydrogens (tertiary/aromatic N) is 4. The van der Waals surface area contributed by atoms with Crippen molar-refractivity contribution in [3.8, 4) is 0 Å². The molecule has 2 aromatic rings. The number of halogens is 1. The second-order valence-corrected chi connectivity index (χ2v) is 10.9. The predicted molar refractivity (Wildman–Crippen MR) is 131 cm³/mol. The van der Waals surface area contributed by atoms with Crippen molar-refractivity contribution in [3.05, 3.63) is 58.6 Å². The van der Waals surface area contributed by atoms with Gasteiger partial charge in [-0.3, -0.25) is 14.8 Å². The number of amides is 1. The molecule has 1 atom stereocenters. The zero-order chi connectivity index (χ0) is 22.8. The van der Waals surface area contributed by atoms with Crippen LogP contribution < -0.4 is 0 Å². The molecule has 5 nitrogen and oxygen atoms in total. The molecule has 33 heavy (non-hydrogen) atoms. The molecule has 0 unspecified atom stereocenters. The molecule has 0 spiro atoms. The smallest absolute Gasteiger partial charge is 0.229 e. The molecular formula is C27H35ClN4O. The average Bonchev–Trinajstić information content (AvgIpc) is 3.52. The molecular weight excluding hydrogens is 432 g/mol. The first-order chi connectivity index (χ1) is 16.0. The summed E-state index contributed by atoms with van der Waals surface area (Å²) in [6, 6.07) is 8.67. The van der Waals surface area contributed by atoms with Crippen LogP contribution in [0.3, 0.4) is 0 Å². The Balaban J connectivity index is 1.27. The maximum Gasteiger partial charge on any atom is 0.229 e. The summed E-state index contributed by atoms with van der Waals surface area (Å²) in [7, 11) is 0. The van der Waals surface area contributed by atoms with Crippen LogP contribution in [-0.2, 0) is 11.2 Å². The Kier molecular flexibility index (Phi) is 6.71. The summed E-state index contributed by atoms with van der Waals surface area (Å²) in [5.74, 6) is 0.318. The van der Waals surface area contributed by atoms with Gasteiger partial charge >= 0.3 is 0 Å². The number of carbonyl (C=O) groups is 1. The lowest BCUT2D eigenvalue weighted by molar-refractivity contribution is -0.145. The van der Waals surface area contributed by atoms with Crippen LogP contribution >= 0.6 is 11.6 Å².